The lowest BCUT2D eigenvalue weighted by atomic mass is 10.0. The van der Waals surface area contributed by atoms with E-state index in [1.54, 1.807) is 97.1 Å². The highest BCUT2D eigenvalue weighted by Gasteiger charge is 2.15. The predicted octanol–water partition coefficient (Wildman–Crippen LogP) is 10.9. The van der Waals surface area contributed by atoms with E-state index in [1.807, 2.05) is 36.4 Å². The number of halogens is 2. The van der Waals surface area contributed by atoms with Crippen LogP contribution in [0, 0.1) is 0 Å². The number of ether oxygens (including phenoxy) is 2. The minimum atomic E-state index is -0.0991. The molecule has 0 aliphatic carbocycles. The van der Waals surface area contributed by atoms with Crippen LogP contribution in [-0.2, 0) is 0 Å². The monoisotopic (exact) mass is 628 g/mol. The lowest BCUT2D eigenvalue weighted by Crippen LogP contribution is -2.00. The summed E-state index contributed by atoms with van der Waals surface area (Å²) in [6, 6.07) is 38.9. The normalized spacial score (nSPS) is 11.1. The van der Waals surface area contributed by atoms with Crippen LogP contribution in [0.2, 0.25) is 10.0 Å². The van der Waals surface area contributed by atoms with Crippen molar-refractivity contribution in [2.24, 2.45) is 0 Å². The molecule has 0 atom stereocenters. The maximum absolute atomic E-state index is 12.8. The van der Waals surface area contributed by atoms with Gasteiger partial charge in [-0.1, -0.05) is 35.3 Å². The maximum atomic E-state index is 12.8. The third kappa shape index (κ3) is 5.92. The third-order valence-electron chi connectivity index (χ3n) is 7.34. The number of rotatable bonds is 8. The summed E-state index contributed by atoms with van der Waals surface area (Å²) in [6.45, 7) is 0. The molecule has 45 heavy (non-hydrogen) atoms. The van der Waals surface area contributed by atoms with Gasteiger partial charge in [-0.2, -0.15) is 0 Å². The smallest absolute Gasteiger partial charge is 0.193 e. The molecule has 0 unspecified atom stereocenters. The lowest BCUT2D eigenvalue weighted by Gasteiger charge is -2.07. The molecule has 0 saturated heterocycles. The first kappa shape index (κ1) is 28.4. The fourth-order valence-corrected chi connectivity index (χ4v) is 5.30. The van der Waals surface area contributed by atoms with Gasteiger partial charge in [0.1, 0.15) is 22.8 Å². The molecule has 7 rings (SSSR count). The Labute approximate surface area is 268 Å². The van der Waals surface area contributed by atoms with Gasteiger partial charge in [0.05, 0.1) is 0 Å². The van der Waals surface area contributed by atoms with Gasteiger partial charge in [0, 0.05) is 49.1 Å². The van der Waals surface area contributed by atoms with Crippen LogP contribution in [0.3, 0.4) is 0 Å². The second-order valence-corrected chi connectivity index (χ2v) is 11.2. The Morgan fingerprint density at radius 1 is 0.489 bits per heavy atom. The van der Waals surface area contributed by atoms with Gasteiger partial charge < -0.3 is 13.9 Å². The van der Waals surface area contributed by atoms with Crippen LogP contribution in [-0.4, -0.2) is 11.6 Å². The highest BCUT2D eigenvalue weighted by Crippen LogP contribution is 2.38. The highest BCUT2D eigenvalue weighted by atomic mass is 35.5. The zero-order valence-corrected chi connectivity index (χ0v) is 25.0. The van der Waals surface area contributed by atoms with Crippen molar-refractivity contribution < 1.29 is 23.5 Å². The van der Waals surface area contributed by atoms with Gasteiger partial charge in [0.2, 0.25) is 0 Å². The molecule has 0 amide bonds. The molecule has 5 nitrogen and oxygen atoms in total. The Kier molecular flexibility index (Phi) is 7.55. The number of hydrogen-bond donors (Lipinski definition) is 0. The Hall–Kier alpha value is -5.36. The van der Waals surface area contributed by atoms with E-state index < -0.39 is 0 Å². The van der Waals surface area contributed by atoms with Crippen molar-refractivity contribution in [2.75, 3.05) is 0 Å². The lowest BCUT2D eigenvalue weighted by molar-refractivity contribution is 0.103. The second-order valence-electron chi connectivity index (χ2n) is 10.3. The number of furan rings is 1. The first-order valence-electron chi connectivity index (χ1n) is 14.0. The minimum absolute atomic E-state index is 0.0951. The first-order chi connectivity index (χ1) is 21.9. The van der Waals surface area contributed by atoms with Crippen molar-refractivity contribution in [1.29, 1.82) is 0 Å². The van der Waals surface area contributed by atoms with E-state index in [0.717, 1.165) is 10.8 Å². The predicted molar refractivity (Wildman–Crippen MR) is 177 cm³/mol. The summed E-state index contributed by atoms with van der Waals surface area (Å²) in [6.07, 6.45) is 0. The largest absolute Gasteiger partial charge is 0.457 e. The standard InChI is InChI=1S/C38H22Cl2O5/c39-27-12-4-23(5-13-27)36(41)25-8-16-29(17-9-25)43-31-20-21-32-33-2-1-3-34(38(33)45-35(32)22-31)44-30-18-10-26(11-19-30)37(42)24-6-14-28(40)15-7-24/h1-22H. The SMILES string of the molecule is O=C(c1ccc(Cl)cc1)c1ccc(Oc2ccc3c(c2)oc2c(Oc4ccc(C(=O)c5ccc(Cl)cc5)cc4)cccc23)cc1. The topological polar surface area (TPSA) is 65.7 Å². The fourth-order valence-electron chi connectivity index (χ4n) is 5.04. The molecule has 218 valence electrons. The summed E-state index contributed by atoms with van der Waals surface area (Å²) in [5.74, 6) is 2.09. The highest BCUT2D eigenvalue weighted by molar-refractivity contribution is 6.31. The van der Waals surface area contributed by atoms with E-state index in [4.69, 9.17) is 37.1 Å². The number of carbonyl (C=O) groups excluding carboxylic acids is 2. The van der Waals surface area contributed by atoms with Crippen molar-refractivity contribution in [3.05, 3.63) is 166 Å². The molecule has 0 radical (unpaired) electrons. The van der Waals surface area contributed by atoms with Crippen LogP contribution in [0.25, 0.3) is 21.9 Å². The fraction of sp³-hybridized carbons (Fsp3) is 0. The van der Waals surface area contributed by atoms with E-state index in [2.05, 4.69) is 0 Å². The van der Waals surface area contributed by atoms with Crippen LogP contribution in [0.5, 0.6) is 23.0 Å². The summed E-state index contributed by atoms with van der Waals surface area (Å²) in [4.78, 5) is 25.6. The average Bonchev–Trinajstić information content (AvgIpc) is 3.44. The molecule has 7 aromatic rings. The summed E-state index contributed by atoms with van der Waals surface area (Å²) in [5.41, 5.74) is 3.44. The van der Waals surface area contributed by atoms with Gasteiger partial charge in [-0.25, -0.2) is 0 Å². The van der Waals surface area contributed by atoms with E-state index in [9.17, 15) is 9.59 Å². The molecule has 6 aromatic carbocycles. The molecule has 0 saturated carbocycles. The Morgan fingerprint density at radius 2 is 0.956 bits per heavy atom. The van der Waals surface area contributed by atoms with Crippen molar-refractivity contribution in [3.63, 3.8) is 0 Å². The van der Waals surface area contributed by atoms with Crippen LogP contribution in [0.4, 0.5) is 0 Å². The minimum Gasteiger partial charge on any atom is -0.457 e. The summed E-state index contributed by atoms with van der Waals surface area (Å²) >= 11 is 11.9. The summed E-state index contributed by atoms with van der Waals surface area (Å²) < 4.78 is 18.5. The van der Waals surface area contributed by atoms with Crippen molar-refractivity contribution in [1.82, 2.24) is 0 Å². The van der Waals surface area contributed by atoms with E-state index in [-0.39, 0.29) is 11.6 Å². The van der Waals surface area contributed by atoms with Gasteiger partial charge in [-0.05, 0) is 115 Å². The van der Waals surface area contributed by atoms with Gasteiger partial charge in [-0.3, -0.25) is 9.59 Å². The van der Waals surface area contributed by atoms with E-state index >= 15 is 0 Å². The van der Waals surface area contributed by atoms with Crippen molar-refractivity contribution in [2.45, 2.75) is 0 Å². The van der Waals surface area contributed by atoms with Crippen LogP contribution in [0.1, 0.15) is 31.8 Å². The second kappa shape index (κ2) is 12.0. The summed E-state index contributed by atoms with van der Waals surface area (Å²) in [5, 5.41) is 2.97. The van der Waals surface area contributed by atoms with Gasteiger partial charge in [-0.15, -0.1) is 0 Å². The number of para-hydroxylation sites is 1. The number of ketones is 2. The maximum Gasteiger partial charge on any atom is 0.193 e. The van der Waals surface area contributed by atoms with Crippen LogP contribution in [0.15, 0.2) is 138 Å². The molecular weight excluding hydrogens is 607 g/mol. The Morgan fingerprint density at radius 3 is 1.49 bits per heavy atom. The number of carbonyl (C=O) groups is 2. The van der Waals surface area contributed by atoms with Gasteiger partial charge >= 0.3 is 0 Å². The molecule has 1 aromatic heterocycles. The number of benzene rings is 6. The van der Waals surface area contributed by atoms with E-state index in [0.29, 0.717) is 66.5 Å². The Bertz CT molecular complexity index is 2180. The molecule has 0 N–H and O–H groups in total. The molecule has 0 aliphatic heterocycles. The molecule has 0 spiro atoms. The average molecular weight is 629 g/mol. The van der Waals surface area contributed by atoms with Crippen molar-refractivity contribution in [3.8, 4) is 23.0 Å². The zero-order chi connectivity index (χ0) is 30.9. The molecule has 0 bridgehead atoms. The molecule has 0 fully saturated rings. The van der Waals surface area contributed by atoms with Gasteiger partial charge in [0.25, 0.3) is 0 Å². The third-order valence-corrected chi connectivity index (χ3v) is 7.85. The van der Waals surface area contributed by atoms with Gasteiger partial charge in [0.15, 0.2) is 22.9 Å². The quantitative estimate of drug-likeness (QED) is 0.157. The molecular formula is C38H22Cl2O5. The summed E-state index contributed by atoms with van der Waals surface area (Å²) in [7, 11) is 0. The Balaban J connectivity index is 1.09. The first-order valence-corrected chi connectivity index (χ1v) is 14.8. The number of hydrogen-bond acceptors (Lipinski definition) is 5. The molecule has 0 aliphatic rings. The molecule has 1 heterocycles. The van der Waals surface area contributed by atoms with Crippen molar-refractivity contribution >= 4 is 56.7 Å². The molecule has 7 heteroatoms. The van der Waals surface area contributed by atoms with E-state index in [1.165, 1.54) is 0 Å². The number of fused-ring (bicyclic) bond motifs is 3. The van der Waals surface area contributed by atoms with Crippen LogP contribution >= 0.6 is 23.2 Å². The van der Waals surface area contributed by atoms with Crippen LogP contribution < -0.4 is 9.47 Å². The zero-order valence-electron chi connectivity index (χ0n) is 23.5.